The first-order valence-electron chi connectivity index (χ1n) is 4.44. The zero-order chi connectivity index (χ0) is 10.7. The maximum absolute atomic E-state index is 11.2. The fourth-order valence-electron chi connectivity index (χ4n) is 1.34. The van der Waals surface area contributed by atoms with Crippen LogP contribution in [-0.4, -0.2) is 5.91 Å². The van der Waals surface area contributed by atoms with Gasteiger partial charge in [-0.15, -0.1) is 0 Å². The summed E-state index contributed by atoms with van der Waals surface area (Å²) in [4.78, 5) is 11.2. The van der Waals surface area contributed by atoms with Crippen LogP contribution in [0.4, 0.5) is 5.69 Å². The van der Waals surface area contributed by atoms with Gasteiger partial charge in [0.2, 0.25) is 5.91 Å². The lowest BCUT2D eigenvalue weighted by Gasteiger charge is -1.97. The lowest BCUT2D eigenvalue weighted by atomic mass is 10.2. The SMILES string of the molecule is N#CCC(=O)Nc1coc2ccccc12. The van der Waals surface area contributed by atoms with Crippen LogP contribution in [0.3, 0.4) is 0 Å². The van der Waals surface area contributed by atoms with Crippen LogP contribution >= 0.6 is 0 Å². The number of amides is 1. The van der Waals surface area contributed by atoms with Crippen LogP contribution in [0.1, 0.15) is 6.42 Å². The summed E-state index contributed by atoms with van der Waals surface area (Å²) in [6, 6.07) is 9.16. The van der Waals surface area contributed by atoms with Crippen molar-refractivity contribution in [3.63, 3.8) is 0 Å². The van der Waals surface area contributed by atoms with E-state index in [2.05, 4.69) is 5.32 Å². The van der Waals surface area contributed by atoms with Gasteiger partial charge in [0.1, 0.15) is 18.3 Å². The maximum Gasteiger partial charge on any atom is 0.238 e. The van der Waals surface area contributed by atoms with Crippen molar-refractivity contribution < 1.29 is 9.21 Å². The number of nitrogens with zero attached hydrogens (tertiary/aromatic N) is 1. The Hall–Kier alpha value is -2.28. The number of anilines is 1. The standard InChI is InChI=1S/C11H8N2O2/c12-6-5-11(14)13-9-7-15-10-4-2-1-3-8(9)10/h1-4,7H,5H2,(H,13,14). The summed E-state index contributed by atoms with van der Waals surface area (Å²) in [5, 5.41) is 11.8. The Labute approximate surface area is 86.1 Å². The van der Waals surface area contributed by atoms with Gasteiger partial charge in [-0.1, -0.05) is 12.1 Å². The lowest BCUT2D eigenvalue weighted by Crippen LogP contribution is -2.09. The number of hydrogen-bond acceptors (Lipinski definition) is 3. The predicted octanol–water partition coefficient (Wildman–Crippen LogP) is 2.28. The highest BCUT2D eigenvalue weighted by Gasteiger charge is 2.07. The van der Waals surface area contributed by atoms with Crippen molar-refractivity contribution in [3.8, 4) is 6.07 Å². The van der Waals surface area contributed by atoms with Crippen LogP contribution in [0.2, 0.25) is 0 Å². The van der Waals surface area contributed by atoms with E-state index in [1.54, 1.807) is 6.07 Å². The molecule has 15 heavy (non-hydrogen) atoms. The number of carbonyl (C=O) groups excluding carboxylic acids is 1. The van der Waals surface area contributed by atoms with Crippen LogP contribution in [0.25, 0.3) is 11.0 Å². The maximum atomic E-state index is 11.2. The minimum Gasteiger partial charge on any atom is -0.462 e. The summed E-state index contributed by atoms with van der Waals surface area (Å²) in [5.74, 6) is -0.330. The molecule has 0 atom stereocenters. The van der Waals surface area contributed by atoms with Crippen molar-refractivity contribution in [2.24, 2.45) is 0 Å². The van der Waals surface area contributed by atoms with Crippen LogP contribution < -0.4 is 5.32 Å². The molecule has 0 radical (unpaired) electrons. The average molecular weight is 200 g/mol. The van der Waals surface area contributed by atoms with Gasteiger partial charge < -0.3 is 9.73 Å². The number of rotatable bonds is 2. The first-order chi connectivity index (χ1) is 7.31. The Morgan fingerprint density at radius 1 is 1.47 bits per heavy atom. The highest BCUT2D eigenvalue weighted by Crippen LogP contribution is 2.25. The molecule has 1 amide bonds. The molecule has 0 aliphatic heterocycles. The third-order valence-electron chi connectivity index (χ3n) is 1.99. The Morgan fingerprint density at radius 3 is 3.07 bits per heavy atom. The number of nitriles is 1. The number of carbonyl (C=O) groups is 1. The van der Waals surface area contributed by atoms with E-state index in [1.165, 1.54) is 6.26 Å². The minimum atomic E-state index is -0.330. The third kappa shape index (κ3) is 1.81. The molecular formula is C11H8N2O2. The number of nitrogens with one attached hydrogen (secondary N) is 1. The molecule has 2 rings (SSSR count). The van der Waals surface area contributed by atoms with E-state index >= 15 is 0 Å². The second-order valence-corrected chi connectivity index (χ2v) is 3.03. The quantitative estimate of drug-likeness (QED) is 0.808. The number of para-hydroxylation sites is 1. The van der Waals surface area contributed by atoms with Gasteiger partial charge >= 0.3 is 0 Å². The van der Waals surface area contributed by atoms with Crippen molar-refractivity contribution in [1.29, 1.82) is 5.26 Å². The molecule has 74 valence electrons. The molecule has 2 aromatic rings. The second kappa shape index (κ2) is 3.84. The predicted molar refractivity (Wildman–Crippen MR) is 55.1 cm³/mol. The Morgan fingerprint density at radius 2 is 2.27 bits per heavy atom. The van der Waals surface area contributed by atoms with Crippen LogP contribution in [0, 0.1) is 11.3 Å². The van der Waals surface area contributed by atoms with Gasteiger partial charge in [-0.25, -0.2) is 0 Å². The van der Waals surface area contributed by atoms with Crippen molar-refractivity contribution in [2.45, 2.75) is 6.42 Å². The number of benzene rings is 1. The van der Waals surface area contributed by atoms with Crippen molar-refractivity contribution >= 4 is 22.6 Å². The van der Waals surface area contributed by atoms with Gasteiger partial charge in [0.25, 0.3) is 0 Å². The molecule has 0 unspecified atom stereocenters. The first kappa shape index (κ1) is 9.28. The summed E-state index contributed by atoms with van der Waals surface area (Å²) >= 11 is 0. The van der Waals surface area contributed by atoms with Crippen molar-refractivity contribution in [3.05, 3.63) is 30.5 Å². The summed E-state index contributed by atoms with van der Waals surface area (Å²) in [6.07, 6.45) is 1.32. The zero-order valence-electron chi connectivity index (χ0n) is 7.86. The fourth-order valence-corrected chi connectivity index (χ4v) is 1.34. The zero-order valence-corrected chi connectivity index (χ0v) is 7.86. The highest BCUT2D eigenvalue weighted by molar-refractivity contribution is 6.01. The lowest BCUT2D eigenvalue weighted by molar-refractivity contribution is -0.115. The van der Waals surface area contributed by atoms with E-state index in [1.807, 2.05) is 24.3 Å². The van der Waals surface area contributed by atoms with Gasteiger partial charge in [-0.3, -0.25) is 4.79 Å². The molecule has 0 aliphatic carbocycles. The number of hydrogen-bond donors (Lipinski definition) is 1. The summed E-state index contributed by atoms with van der Waals surface area (Å²) in [7, 11) is 0. The molecule has 1 heterocycles. The van der Waals surface area contributed by atoms with E-state index < -0.39 is 0 Å². The van der Waals surface area contributed by atoms with E-state index in [4.69, 9.17) is 9.68 Å². The number of furan rings is 1. The molecule has 0 saturated carbocycles. The highest BCUT2D eigenvalue weighted by atomic mass is 16.3. The second-order valence-electron chi connectivity index (χ2n) is 3.03. The monoisotopic (exact) mass is 200 g/mol. The Balaban J connectivity index is 2.29. The van der Waals surface area contributed by atoms with Crippen LogP contribution in [-0.2, 0) is 4.79 Å². The molecule has 0 bridgehead atoms. The van der Waals surface area contributed by atoms with Gasteiger partial charge in [0.15, 0.2) is 0 Å². The van der Waals surface area contributed by atoms with Gasteiger partial charge in [0.05, 0.1) is 11.8 Å². The summed E-state index contributed by atoms with van der Waals surface area (Å²) in [6.45, 7) is 0. The molecule has 0 aliphatic rings. The van der Waals surface area contributed by atoms with Crippen molar-refractivity contribution in [1.82, 2.24) is 0 Å². The molecule has 1 N–H and O–H groups in total. The molecule has 0 saturated heterocycles. The summed E-state index contributed by atoms with van der Waals surface area (Å²) in [5.41, 5.74) is 1.32. The topological polar surface area (TPSA) is 66.0 Å². The van der Waals surface area contributed by atoms with Gasteiger partial charge in [-0.2, -0.15) is 5.26 Å². The van der Waals surface area contributed by atoms with E-state index in [0.29, 0.717) is 11.3 Å². The Kier molecular flexibility index (Phi) is 2.38. The summed E-state index contributed by atoms with van der Waals surface area (Å²) < 4.78 is 5.23. The van der Waals surface area contributed by atoms with E-state index in [-0.39, 0.29) is 12.3 Å². The van der Waals surface area contributed by atoms with Gasteiger partial charge in [-0.05, 0) is 12.1 Å². The van der Waals surface area contributed by atoms with E-state index in [0.717, 1.165) is 5.39 Å². The molecule has 0 fully saturated rings. The molecule has 4 heteroatoms. The normalized spacial score (nSPS) is 9.80. The third-order valence-corrected chi connectivity index (χ3v) is 1.99. The largest absolute Gasteiger partial charge is 0.462 e. The van der Waals surface area contributed by atoms with Crippen molar-refractivity contribution in [2.75, 3.05) is 5.32 Å². The Bertz CT molecular complexity index is 537. The smallest absolute Gasteiger partial charge is 0.238 e. The average Bonchev–Trinajstić information content (AvgIpc) is 2.62. The number of fused-ring (bicyclic) bond motifs is 1. The molecule has 1 aromatic carbocycles. The fraction of sp³-hybridized carbons (Fsp3) is 0.0909. The van der Waals surface area contributed by atoms with Gasteiger partial charge in [0, 0.05) is 5.39 Å². The molecule has 0 spiro atoms. The first-order valence-corrected chi connectivity index (χ1v) is 4.44. The molecule has 4 nitrogen and oxygen atoms in total. The molecular weight excluding hydrogens is 192 g/mol. The van der Waals surface area contributed by atoms with Crippen LogP contribution in [0.15, 0.2) is 34.9 Å². The minimum absolute atomic E-state index is 0.153. The van der Waals surface area contributed by atoms with Crippen LogP contribution in [0.5, 0.6) is 0 Å². The molecule has 1 aromatic heterocycles. The van der Waals surface area contributed by atoms with E-state index in [9.17, 15) is 4.79 Å².